The molecule has 6 nitrogen and oxygen atoms in total. The second kappa shape index (κ2) is 13.4. The molecule has 0 radical (unpaired) electrons. The van der Waals surface area contributed by atoms with E-state index in [1.54, 1.807) is 18.2 Å². The SMILES string of the molecule is O=C(CCc1ccccc1)Nc1cc(NC(=O)CCc2ccccc2)cc(C(=O)NC2CCCCC2)c1. The van der Waals surface area contributed by atoms with Gasteiger partial charge in [-0.1, -0.05) is 79.9 Å². The zero-order valence-corrected chi connectivity index (χ0v) is 21.2. The van der Waals surface area contributed by atoms with Crippen LogP contribution in [0.3, 0.4) is 0 Å². The topological polar surface area (TPSA) is 87.3 Å². The molecule has 1 aliphatic carbocycles. The van der Waals surface area contributed by atoms with Crippen molar-refractivity contribution in [1.29, 1.82) is 0 Å². The van der Waals surface area contributed by atoms with Crippen molar-refractivity contribution in [2.75, 3.05) is 10.6 Å². The Morgan fingerprint density at radius 2 is 1.14 bits per heavy atom. The van der Waals surface area contributed by atoms with Gasteiger partial charge in [0.2, 0.25) is 11.8 Å². The molecule has 37 heavy (non-hydrogen) atoms. The van der Waals surface area contributed by atoms with Gasteiger partial charge in [0.05, 0.1) is 0 Å². The van der Waals surface area contributed by atoms with Gasteiger partial charge in [0.1, 0.15) is 0 Å². The highest BCUT2D eigenvalue weighted by Gasteiger charge is 2.18. The second-order valence-electron chi connectivity index (χ2n) is 9.67. The molecule has 192 valence electrons. The lowest BCUT2D eigenvalue weighted by Crippen LogP contribution is -2.36. The van der Waals surface area contributed by atoms with Gasteiger partial charge in [-0.15, -0.1) is 0 Å². The monoisotopic (exact) mass is 497 g/mol. The number of aryl methyl sites for hydroxylation is 2. The first-order valence-electron chi connectivity index (χ1n) is 13.2. The van der Waals surface area contributed by atoms with Crippen LogP contribution in [0.1, 0.15) is 66.4 Å². The van der Waals surface area contributed by atoms with Crippen LogP contribution in [0, 0.1) is 0 Å². The van der Waals surface area contributed by atoms with Crippen molar-refractivity contribution in [1.82, 2.24) is 5.32 Å². The number of rotatable bonds is 10. The van der Waals surface area contributed by atoms with E-state index in [2.05, 4.69) is 16.0 Å². The van der Waals surface area contributed by atoms with Crippen LogP contribution in [0.4, 0.5) is 11.4 Å². The second-order valence-corrected chi connectivity index (χ2v) is 9.67. The zero-order chi connectivity index (χ0) is 25.9. The van der Waals surface area contributed by atoms with Crippen molar-refractivity contribution >= 4 is 29.1 Å². The summed E-state index contributed by atoms with van der Waals surface area (Å²) in [6.45, 7) is 0. The number of carbonyl (C=O) groups is 3. The predicted molar refractivity (Wildman–Crippen MR) is 148 cm³/mol. The minimum absolute atomic E-state index is 0.143. The van der Waals surface area contributed by atoms with E-state index in [1.165, 1.54) is 6.42 Å². The quantitative estimate of drug-likeness (QED) is 0.326. The Hall–Kier alpha value is -3.93. The average molecular weight is 498 g/mol. The van der Waals surface area contributed by atoms with Gasteiger partial charge in [0, 0.05) is 35.8 Å². The average Bonchev–Trinajstić information content (AvgIpc) is 2.92. The third-order valence-corrected chi connectivity index (χ3v) is 6.67. The fourth-order valence-electron chi connectivity index (χ4n) is 4.67. The summed E-state index contributed by atoms with van der Waals surface area (Å²) in [4.78, 5) is 38.4. The van der Waals surface area contributed by atoms with E-state index >= 15 is 0 Å². The van der Waals surface area contributed by atoms with Crippen LogP contribution < -0.4 is 16.0 Å². The Morgan fingerprint density at radius 1 is 0.649 bits per heavy atom. The molecule has 3 amide bonds. The van der Waals surface area contributed by atoms with E-state index < -0.39 is 0 Å². The van der Waals surface area contributed by atoms with Crippen LogP contribution in [0.25, 0.3) is 0 Å². The first kappa shape index (κ1) is 26.1. The molecule has 0 unspecified atom stereocenters. The van der Waals surface area contributed by atoms with Crippen LogP contribution in [0.2, 0.25) is 0 Å². The van der Waals surface area contributed by atoms with E-state index in [0.717, 1.165) is 36.8 Å². The molecular formula is C31H35N3O3. The summed E-state index contributed by atoms with van der Waals surface area (Å²) >= 11 is 0. The van der Waals surface area contributed by atoms with Crippen LogP contribution in [0.5, 0.6) is 0 Å². The third-order valence-electron chi connectivity index (χ3n) is 6.67. The number of benzene rings is 3. The van der Waals surface area contributed by atoms with Crippen molar-refractivity contribution in [3.05, 3.63) is 95.6 Å². The normalized spacial score (nSPS) is 13.5. The maximum atomic E-state index is 13.1. The standard InChI is InChI=1S/C31H35N3O3/c35-29(18-16-23-10-4-1-5-11-23)32-27-20-25(31(37)34-26-14-8-3-9-15-26)21-28(22-27)33-30(36)19-17-24-12-6-2-7-13-24/h1-2,4-7,10-13,20-22,26H,3,8-9,14-19H2,(H,32,35)(H,33,36)(H,34,37). The molecule has 1 aliphatic rings. The fraction of sp³-hybridized carbons (Fsp3) is 0.323. The number of hydrogen-bond acceptors (Lipinski definition) is 3. The van der Waals surface area contributed by atoms with Crippen molar-refractivity contribution in [3.8, 4) is 0 Å². The number of carbonyl (C=O) groups excluding carboxylic acids is 3. The Bertz CT molecular complexity index is 1110. The molecular weight excluding hydrogens is 462 g/mol. The molecule has 3 aromatic rings. The molecule has 4 rings (SSSR count). The number of nitrogens with one attached hydrogen (secondary N) is 3. The first-order chi connectivity index (χ1) is 18.0. The zero-order valence-electron chi connectivity index (χ0n) is 21.2. The maximum absolute atomic E-state index is 13.1. The van der Waals surface area contributed by atoms with Gasteiger partial charge >= 0.3 is 0 Å². The van der Waals surface area contributed by atoms with E-state index in [4.69, 9.17) is 0 Å². The molecule has 6 heteroatoms. The highest BCUT2D eigenvalue weighted by Crippen LogP contribution is 2.22. The van der Waals surface area contributed by atoms with Crippen LogP contribution in [-0.4, -0.2) is 23.8 Å². The predicted octanol–water partition coefficient (Wildman–Crippen LogP) is 5.89. The van der Waals surface area contributed by atoms with Gasteiger partial charge in [-0.25, -0.2) is 0 Å². The van der Waals surface area contributed by atoms with Gasteiger partial charge in [0.25, 0.3) is 5.91 Å². The lowest BCUT2D eigenvalue weighted by atomic mass is 9.95. The molecule has 0 aliphatic heterocycles. The number of amides is 3. The maximum Gasteiger partial charge on any atom is 0.251 e. The van der Waals surface area contributed by atoms with Crippen LogP contribution >= 0.6 is 0 Å². The molecule has 1 saturated carbocycles. The first-order valence-corrected chi connectivity index (χ1v) is 13.2. The highest BCUT2D eigenvalue weighted by molar-refractivity contribution is 6.00. The van der Waals surface area contributed by atoms with Crippen molar-refractivity contribution in [2.24, 2.45) is 0 Å². The third kappa shape index (κ3) is 8.60. The Balaban J connectivity index is 1.43. The molecule has 0 atom stereocenters. The van der Waals surface area contributed by atoms with Crippen LogP contribution in [0.15, 0.2) is 78.9 Å². The van der Waals surface area contributed by atoms with E-state index in [-0.39, 0.29) is 23.8 Å². The smallest absolute Gasteiger partial charge is 0.251 e. The molecule has 1 fully saturated rings. The summed E-state index contributed by atoms with van der Waals surface area (Å²) in [5.41, 5.74) is 3.58. The summed E-state index contributed by atoms with van der Waals surface area (Å²) in [6, 6.07) is 24.9. The van der Waals surface area contributed by atoms with Crippen molar-refractivity contribution in [3.63, 3.8) is 0 Å². The van der Waals surface area contributed by atoms with E-state index in [9.17, 15) is 14.4 Å². The van der Waals surface area contributed by atoms with Gasteiger partial charge in [-0.3, -0.25) is 14.4 Å². The summed E-state index contributed by atoms with van der Waals surface area (Å²) in [6.07, 6.45) is 7.28. The minimum Gasteiger partial charge on any atom is -0.349 e. The molecule has 3 aromatic carbocycles. The van der Waals surface area contributed by atoms with E-state index in [1.807, 2.05) is 60.7 Å². The Labute approximate surface area is 218 Å². The largest absolute Gasteiger partial charge is 0.349 e. The van der Waals surface area contributed by atoms with Gasteiger partial charge < -0.3 is 16.0 Å². The van der Waals surface area contributed by atoms with Gasteiger partial charge in [0.15, 0.2) is 0 Å². The summed E-state index contributed by atoms with van der Waals surface area (Å²) in [5.74, 6) is -0.475. The Morgan fingerprint density at radius 3 is 1.62 bits per heavy atom. The molecule has 0 heterocycles. The summed E-state index contributed by atoms with van der Waals surface area (Å²) in [7, 11) is 0. The highest BCUT2D eigenvalue weighted by atomic mass is 16.2. The molecule has 0 aromatic heterocycles. The molecule has 0 spiro atoms. The summed E-state index contributed by atoms with van der Waals surface area (Å²) < 4.78 is 0. The van der Waals surface area contributed by atoms with Crippen molar-refractivity contribution in [2.45, 2.75) is 63.8 Å². The van der Waals surface area contributed by atoms with Crippen LogP contribution in [-0.2, 0) is 22.4 Å². The number of anilines is 2. The number of hydrogen-bond donors (Lipinski definition) is 3. The van der Waals surface area contributed by atoms with E-state index in [0.29, 0.717) is 42.6 Å². The van der Waals surface area contributed by atoms with Gasteiger partial charge in [-0.2, -0.15) is 0 Å². The minimum atomic E-state index is -0.188. The molecule has 0 saturated heterocycles. The lowest BCUT2D eigenvalue weighted by Gasteiger charge is -2.23. The Kier molecular flexibility index (Phi) is 9.47. The van der Waals surface area contributed by atoms with Gasteiger partial charge in [-0.05, 0) is 55.0 Å². The molecule has 3 N–H and O–H groups in total. The summed E-state index contributed by atoms with van der Waals surface area (Å²) in [5, 5.41) is 8.95. The van der Waals surface area contributed by atoms with Crippen molar-refractivity contribution < 1.29 is 14.4 Å². The fourth-order valence-corrected chi connectivity index (χ4v) is 4.67. The lowest BCUT2D eigenvalue weighted by molar-refractivity contribution is -0.116. The molecule has 0 bridgehead atoms.